The van der Waals surface area contributed by atoms with Gasteiger partial charge in [0, 0.05) is 16.0 Å². The van der Waals surface area contributed by atoms with Crippen molar-refractivity contribution in [2.75, 3.05) is 5.33 Å². The highest BCUT2D eigenvalue weighted by atomic mass is 79.9. The summed E-state index contributed by atoms with van der Waals surface area (Å²) in [6, 6.07) is 6.71. The predicted molar refractivity (Wildman–Crippen MR) is 66.2 cm³/mol. The molecule has 0 unspecified atom stereocenters. The average molecular weight is 312 g/mol. The molecule has 0 bridgehead atoms. The van der Waals surface area contributed by atoms with Gasteiger partial charge in [-0.2, -0.15) is 0 Å². The number of rotatable bonds is 5. The normalized spacial score (nSPS) is 11.6. The van der Waals surface area contributed by atoms with Crippen LogP contribution in [0.4, 0.5) is 0 Å². The quantitative estimate of drug-likeness (QED) is 0.475. The van der Waals surface area contributed by atoms with Crippen molar-refractivity contribution < 1.29 is 8.42 Å². The van der Waals surface area contributed by atoms with Gasteiger partial charge in [0.1, 0.15) is 0 Å². The largest absolute Gasteiger partial charge is 0.261 e. The Bertz CT molecular complexity index is 400. The van der Waals surface area contributed by atoms with Crippen LogP contribution in [0.15, 0.2) is 29.2 Å². The van der Waals surface area contributed by atoms with Gasteiger partial charge in [0.2, 0.25) is 0 Å². The summed E-state index contributed by atoms with van der Waals surface area (Å²) in [5, 5.41) is 1.00. The highest BCUT2D eigenvalue weighted by Gasteiger charge is 2.08. The monoisotopic (exact) mass is 310 g/mol. The Labute approximate surface area is 103 Å². The molecule has 0 heterocycles. The SMILES string of the molecule is O=S(=O)(Cl)c1ccc(CCCCBr)cc1. The zero-order chi connectivity index (χ0) is 11.3. The number of alkyl halides is 1. The zero-order valence-corrected chi connectivity index (χ0v) is 11.3. The van der Waals surface area contributed by atoms with Crippen molar-refractivity contribution in [2.24, 2.45) is 0 Å². The molecular weight excluding hydrogens is 300 g/mol. The number of hydrogen-bond acceptors (Lipinski definition) is 2. The van der Waals surface area contributed by atoms with Crippen molar-refractivity contribution in [1.82, 2.24) is 0 Å². The van der Waals surface area contributed by atoms with Crippen LogP contribution in [-0.2, 0) is 15.5 Å². The number of unbranched alkanes of at least 4 members (excludes halogenated alkanes) is 1. The first-order chi connectivity index (χ1) is 7.04. The van der Waals surface area contributed by atoms with E-state index in [0.717, 1.165) is 30.2 Å². The van der Waals surface area contributed by atoms with E-state index >= 15 is 0 Å². The molecular formula is C10H12BrClO2S. The summed E-state index contributed by atoms with van der Waals surface area (Å²) >= 11 is 3.36. The van der Waals surface area contributed by atoms with Gasteiger partial charge < -0.3 is 0 Å². The van der Waals surface area contributed by atoms with Crippen molar-refractivity contribution >= 4 is 35.7 Å². The molecule has 84 valence electrons. The third-order valence-electron chi connectivity index (χ3n) is 2.05. The molecule has 1 aromatic carbocycles. The summed E-state index contributed by atoms with van der Waals surface area (Å²) in [5.74, 6) is 0. The van der Waals surface area contributed by atoms with E-state index in [1.807, 2.05) is 12.1 Å². The maximum atomic E-state index is 11.0. The van der Waals surface area contributed by atoms with Crippen molar-refractivity contribution in [3.05, 3.63) is 29.8 Å². The Morgan fingerprint density at radius 3 is 2.20 bits per heavy atom. The van der Waals surface area contributed by atoms with Gasteiger partial charge in [-0.15, -0.1) is 0 Å². The van der Waals surface area contributed by atoms with Crippen LogP contribution in [0.25, 0.3) is 0 Å². The van der Waals surface area contributed by atoms with Crippen molar-refractivity contribution in [3.8, 4) is 0 Å². The topological polar surface area (TPSA) is 34.1 Å². The molecule has 0 aliphatic rings. The molecule has 1 aromatic rings. The van der Waals surface area contributed by atoms with Gasteiger partial charge in [-0.3, -0.25) is 0 Å². The molecule has 0 N–H and O–H groups in total. The lowest BCUT2D eigenvalue weighted by atomic mass is 10.1. The minimum Gasteiger partial charge on any atom is -0.207 e. The van der Waals surface area contributed by atoms with E-state index in [-0.39, 0.29) is 4.90 Å². The zero-order valence-electron chi connectivity index (χ0n) is 8.12. The molecule has 0 atom stereocenters. The third kappa shape index (κ3) is 4.53. The Balaban J connectivity index is 2.65. The summed E-state index contributed by atoms with van der Waals surface area (Å²) < 4.78 is 21.9. The Morgan fingerprint density at radius 2 is 1.73 bits per heavy atom. The maximum Gasteiger partial charge on any atom is 0.261 e. The molecule has 0 aliphatic heterocycles. The molecule has 0 spiro atoms. The average Bonchev–Trinajstić information content (AvgIpc) is 2.18. The van der Waals surface area contributed by atoms with E-state index in [9.17, 15) is 8.42 Å². The number of halogens is 2. The van der Waals surface area contributed by atoms with Gasteiger partial charge in [-0.05, 0) is 37.0 Å². The van der Waals surface area contributed by atoms with Crippen molar-refractivity contribution in [2.45, 2.75) is 24.2 Å². The smallest absolute Gasteiger partial charge is 0.207 e. The van der Waals surface area contributed by atoms with Gasteiger partial charge >= 0.3 is 0 Å². The van der Waals surface area contributed by atoms with E-state index < -0.39 is 9.05 Å². The summed E-state index contributed by atoms with van der Waals surface area (Å²) in [6.45, 7) is 0. The van der Waals surface area contributed by atoms with Crippen LogP contribution in [0.3, 0.4) is 0 Å². The Morgan fingerprint density at radius 1 is 1.13 bits per heavy atom. The fourth-order valence-electron chi connectivity index (χ4n) is 1.24. The van der Waals surface area contributed by atoms with E-state index in [4.69, 9.17) is 10.7 Å². The fourth-order valence-corrected chi connectivity index (χ4v) is 2.41. The van der Waals surface area contributed by atoms with Crippen molar-refractivity contribution in [1.29, 1.82) is 0 Å². The number of aryl methyl sites for hydroxylation is 1. The molecule has 0 fully saturated rings. The van der Waals surface area contributed by atoms with Crippen LogP contribution < -0.4 is 0 Å². The first-order valence-electron chi connectivity index (χ1n) is 4.63. The molecule has 0 aromatic heterocycles. The van der Waals surface area contributed by atoms with Crippen LogP contribution in [-0.4, -0.2) is 13.7 Å². The Hall–Kier alpha value is -0.0600. The maximum absolute atomic E-state index is 11.0. The van der Waals surface area contributed by atoms with Gasteiger partial charge in [0.05, 0.1) is 4.90 Å². The second-order valence-electron chi connectivity index (χ2n) is 3.23. The van der Waals surface area contributed by atoms with Crippen LogP contribution in [0.2, 0.25) is 0 Å². The van der Waals surface area contributed by atoms with Gasteiger partial charge in [-0.1, -0.05) is 28.1 Å². The molecule has 0 aliphatic carbocycles. The molecule has 0 saturated carbocycles. The molecule has 0 radical (unpaired) electrons. The standard InChI is InChI=1S/C10H12BrClO2S/c11-8-2-1-3-9-4-6-10(7-5-9)15(12,13)14/h4-7H,1-3,8H2. The van der Waals surface area contributed by atoms with Gasteiger partial charge in [0.25, 0.3) is 9.05 Å². The lowest BCUT2D eigenvalue weighted by Gasteiger charge is -2.01. The fraction of sp³-hybridized carbons (Fsp3) is 0.400. The molecule has 1 rings (SSSR count). The number of hydrogen-bond donors (Lipinski definition) is 0. The molecule has 5 heteroatoms. The van der Waals surface area contributed by atoms with Crippen LogP contribution in [0, 0.1) is 0 Å². The summed E-state index contributed by atoms with van der Waals surface area (Å²) in [4.78, 5) is 0.161. The van der Waals surface area contributed by atoms with Gasteiger partial charge in [0.15, 0.2) is 0 Å². The highest BCUT2D eigenvalue weighted by molar-refractivity contribution is 9.09. The third-order valence-corrected chi connectivity index (χ3v) is 3.98. The summed E-state index contributed by atoms with van der Waals surface area (Å²) in [5.41, 5.74) is 1.14. The molecule has 15 heavy (non-hydrogen) atoms. The lowest BCUT2D eigenvalue weighted by Crippen LogP contribution is -1.92. The first kappa shape index (κ1) is 13.0. The van der Waals surface area contributed by atoms with E-state index in [0.29, 0.717) is 0 Å². The summed E-state index contributed by atoms with van der Waals surface area (Å²) in [7, 11) is 1.62. The predicted octanol–water partition coefficient (Wildman–Crippen LogP) is 3.33. The van der Waals surface area contributed by atoms with Gasteiger partial charge in [-0.25, -0.2) is 8.42 Å². The second-order valence-corrected chi connectivity index (χ2v) is 6.59. The van der Waals surface area contributed by atoms with Crippen LogP contribution >= 0.6 is 26.6 Å². The minimum absolute atomic E-state index is 0.161. The van der Waals surface area contributed by atoms with Crippen molar-refractivity contribution in [3.63, 3.8) is 0 Å². The van der Waals surface area contributed by atoms with E-state index in [1.54, 1.807) is 12.1 Å². The first-order valence-corrected chi connectivity index (χ1v) is 8.06. The lowest BCUT2D eigenvalue weighted by molar-refractivity contribution is 0.609. The Kier molecular flexibility index (Phi) is 5.09. The molecule has 0 amide bonds. The summed E-state index contributed by atoms with van der Waals surface area (Å²) in [6.07, 6.45) is 3.18. The van der Waals surface area contributed by atoms with E-state index in [1.165, 1.54) is 0 Å². The molecule has 2 nitrogen and oxygen atoms in total. The minimum atomic E-state index is -3.58. The molecule has 0 saturated heterocycles. The number of benzene rings is 1. The van der Waals surface area contributed by atoms with Crippen LogP contribution in [0.1, 0.15) is 18.4 Å². The highest BCUT2D eigenvalue weighted by Crippen LogP contribution is 2.16. The van der Waals surface area contributed by atoms with E-state index in [2.05, 4.69) is 15.9 Å². The van der Waals surface area contributed by atoms with Crippen LogP contribution in [0.5, 0.6) is 0 Å². The second kappa shape index (κ2) is 5.87.